The van der Waals surface area contributed by atoms with E-state index < -0.39 is 23.0 Å². The van der Waals surface area contributed by atoms with E-state index in [4.69, 9.17) is 40.7 Å². The number of rotatable bonds is 16. The Kier molecular flexibility index (Phi) is 12.1. The van der Waals surface area contributed by atoms with Gasteiger partial charge in [0.15, 0.2) is 0 Å². The minimum atomic E-state index is -3.51. The highest BCUT2D eigenvalue weighted by Crippen LogP contribution is 2.80. The van der Waals surface area contributed by atoms with E-state index in [1.54, 1.807) is 0 Å². The molecule has 1 aliphatic rings. The third kappa shape index (κ3) is 8.79. The second kappa shape index (κ2) is 14.8. The van der Waals surface area contributed by atoms with Crippen molar-refractivity contribution in [1.82, 2.24) is 0 Å². The highest BCUT2D eigenvalue weighted by molar-refractivity contribution is 7.78. The Balaban J connectivity index is 2.32. The number of hydrogen-bond acceptors (Lipinski definition) is 9. The molecule has 1 heterocycles. The molecule has 9 nitrogen and oxygen atoms in total. The Morgan fingerprint density at radius 1 is 0.474 bits per heavy atom. The van der Waals surface area contributed by atoms with Gasteiger partial charge in [-0.05, 0) is 63.8 Å². The number of aryl methyl sites for hydroxylation is 2. The molecule has 0 amide bonds. The summed E-state index contributed by atoms with van der Waals surface area (Å²) in [5.41, 5.74) is 2.21. The molecule has 38 heavy (non-hydrogen) atoms. The molecule has 0 atom stereocenters. The van der Waals surface area contributed by atoms with Crippen LogP contribution in [0.25, 0.3) is 0 Å². The first-order chi connectivity index (χ1) is 18.3. The van der Waals surface area contributed by atoms with Gasteiger partial charge in [-0.3, -0.25) is 0 Å². The fourth-order valence-corrected chi connectivity index (χ4v) is 12.9. The normalized spacial score (nSPS) is 17.1. The summed E-state index contributed by atoms with van der Waals surface area (Å²) in [4.78, 5) is 0. The molecule has 1 aliphatic heterocycles. The molecule has 0 aliphatic carbocycles. The average Bonchev–Trinajstić information content (AvgIpc) is 2.91. The third-order valence-corrected chi connectivity index (χ3v) is 13.4. The molecule has 212 valence electrons. The predicted molar refractivity (Wildman–Crippen MR) is 157 cm³/mol. The van der Waals surface area contributed by atoms with Gasteiger partial charge in [0.2, 0.25) is 0 Å². The summed E-state index contributed by atoms with van der Waals surface area (Å²) >= 11 is 0. The Bertz CT molecular complexity index is 1090. The van der Waals surface area contributed by atoms with Crippen molar-refractivity contribution >= 4 is 23.0 Å². The van der Waals surface area contributed by atoms with E-state index in [0.29, 0.717) is 37.9 Å². The van der Waals surface area contributed by atoms with E-state index >= 15 is 0 Å². The minimum absolute atomic E-state index is 0.404. The van der Waals surface area contributed by atoms with Crippen molar-refractivity contribution in [2.24, 2.45) is 13.5 Å². The van der Waals surface area contributed by atoms with Crippen LogP contribution in [0.4, 0.5) is 0 Å². The van der Waals surface area contributed by atoms with Gasteiger partial charge in [0.1, 0.15) is 11.5 Å². The first-order valence-electron chi connectivity index (χ1n) is 13.3. The summed E-state index contributed by atoms with van der Waals surface area (Å²) in [7, 11) is -10.1. The van der Waals surface area contributed by atoms with Crippen molar-refractivity contribution in [1.29, 1.82) is 0 Å². The lowest BCUT2D eigenvalue weighted by Crippen LogP contribution is -2.08. The van der Waals surface area contributed by atoms with Crippen LogP contribution >= 0.6 is 23.0 Å². The second-order valence-corrected chi connectivity index (χ2v) is 15.4. The van der Waals surface area contributed by atoms with Crippen molar-refractivity contribution in [2.45, 2.75) is 67.2 Å². The van der Waals surface area contributed by atoms with E-state index in [0.717, 1.165) is 36.8 Å². The molecule has 0 radical (unpaired) electrons. The van der Waals surface area contributed by atoms with Crippen LogP contribution in [0.1, 0.15) is 64.5 Å². The summed E-state index contributed by atoms with van der Waals surface area (Å²) in [6, 6.07) is 15.4. The third-order valence-electron chi connectivity index (χ3n) is 5.02. The lowest BCUT2D eigenvalue weighted by molar-refractivity contribution is 0.227. The van der Waals surface area contributed by atoms with Gasteiger partial charge < -0.3 is 27.1 Å². The van der Waals surface area contributed by atoms with Gasteiger partial charge >= 0.3 is 23.0 Å². The molecular formula is C26H42N3O6P3. The van der Waals surface area contributed by atoms with Crippen LogP contribution in [0.3, 0.4) is 0 Å². The maximum Gasteiger partial charge on any atom is 0.457 e. The average molecular weight is 586 g/mol. The van der Waals surface area contributed by atoms with Gasteiger partial charge in [-0.2, -0.15) is 0 Å². The van der Waals surface area contributed by atoms with Crippen molar-refractivity contribution in [3.63, 3.8) is 0 Å². The highest BCUT2D eigenvalue weighted by atomic mass is 31.3. The number of benzene rings is 2. The van der Waals surface area contributed by atoms with Crippen molar-refractivity contribution in [3.05, 3.63) is 59.7 Å². The smallest absolute Gasteiger partial charge is 0.413 e. The Morgan fingerprint density at radius 2 is 0.763 bits per heavy atom. The predicted octanol–water partition coefficient (Wildman–Crippen LogP) is 10.3. The minimum Gasteiger partial charge on any atom is -0.413 e. The largest absolute Gasteiger partial charge is 0.457 e. The zero-order valence-electron chi connectivity index (χ0n) is 23.4. The SMILES string of the molecule is CCCOP1(OCCC)=NP(OCCC)(OCCC)=NP(Oc2ccc(C)cc2)(Oc2ccc(C)cc2)=N1. The second-order valence-electron chi connectivity index (χ2n) is 8.88. The van der Waals surface area contributed by atoms with Crippen molar-refractivity contribution in [2.75, 3.05) is 26.4 Å². The van der Waals surface area contributed by atoms with Crippen molar-refractivity contribution in [3.8, 4) is 11.5 Å². The molecule has 12 heteroatoms. The Morgan fingerprint density at radius 3 is 1.08 bits per heavy atom. The molecule has 0 unspecified atom stereocenters. The van der Waals surface area contributed by atoms with Gasteiger partial charge in [-0.15, -0.1) is 13.5 Å². The van der Waals surface area contributed by atoms with Crippen LogP contribution < -0.4 is 9.05 Å². The van der Waals surface area contributed by atoms with Crippen LogP contribution in [-0.4, -0.2) is 26.4 Å². The maximum atomic E-state index is 6.59. The van der Waals surface area contributed by atoms with E-state index in [9.17, 15) is 0 Å². The molecule has 0 fully saturated rings. The van der Waals surface area contributed by atoms with Crippen LogP contribution in [0.2, 0.25) is 0 Å². The van der Waals surface area contributed by atoms with Gasteiger partial charge in [-0.25, -0.2) is 0 Å². The lowest BCUT2D eigenvalue weighted by atomic mass is 10.2. The molecule has 0 bridgehead atoms. The highest BCUT2D eigenvalue weighted by Gasteiger charge is 2.45. The zero-order valence-corrected chi connectivity index (χ0v) is 26.1. The molecule has 0 saturated carbocycles. The number of nitrogens with zero attached hydrogens (tertiary/aromatic N) is 3. The molecule has 2 aromatic rings. The summed E-state index contributed by atoms with van der Waals surface area (Å²) in [5, 5.41) is 0. The van der Waals surface area contributed by atoms with Crippen LogP contribution in [0.5, 0.6) is 11.5 Å². The Hall–Kier alpha value is -1.43. The maximum absolute atomic E-state index is 6.59. The molecule has 0 spiro atoms. The summed E-state index contributed by atoms with van der Waals surface area (Å²) in [6.07, 6.45) is 3.05. The molecule has 0 saturated heterocycles. The molecular weight excluding hydrogens is 543 g/mol. The van der Waals surface area contributed by atoms with E-state index in [1.165, 1.54) is 0 Å². The summed E-state index contributed by atoms with van der Waals surface area (Å²) in [5.74, 6) is 1.14. The van der Waals surface area contributed by atoms with Crippen LogP contribution in [-0.2, 0) is 18.1 Å². The zero-order chi connectivity index (χ0) is 27.5. The fourth-order valence-electron chi connectivity index (χ4n) is 3.17. The molecule has 0 aromatic heterocycles. The molecule has 0 N–H and O–H groups in total. The van der Waals surface area contributed by atoms with Gasteiger partial charge in [0, 0.05) is 0 Å². The van der Waals surface area contributed by atoms with Crippen LogP contribution in [0, 0.1) is 13.8 Å². The van der Waals surface area contributed by atoms with E-state index in [-0.39, 0.29) is 0 Å². The van der Waals surface area contributed by atoms with E-state index in [2.05, 4.69) is 0 Å². The van der Waals surface area contributed by atoms with Gasteiger partial charge in [-0.1, -0.05) is 63.1 Å². The fraction of sp³-hybridized carbons (Fsp3) is 0.538. The van der Waals surface area contributed by atoms with Crippen LogP contribution in [0.15, 0.2) is 62.1 Å². The number of hydrogen-bond donors (Lipinski definition) is 0. The van der Waals surface area contributed by atoms with Gasteiger partial charge in [0.05, 0.1) is 26.4 Å². The summed E-state index contributed by atoms with van der Waals surface area (Å²) in [6.45, 7) is 13.8. The topological polar surface area (TPSA) is 92.5 Å². The standard InChI is InChI=1S/C26H42N3O6P3/c1-7-19-30-36(31-20-8-2)27-37(32-21-9-3,33-22-10-4)29-38(28-36,34-25-15-11-23(5)12-16-25)35-26-17-13-24(6)14-18-26/h11-18H,7-10,19-22H2,1-6H3. The first-order valence-corrected chi connectivity index (χ1v) is 17.9. The molecule has 3 rings (SSSR count). The quantitative estimate of drug-likeness (QED) is 0.182. The Labute approximate surface area is 228 Å². The summed E-state index contributed by atoms with van der Waals surface area (Å²) < 4.78 is 53.6. The van der Waals surface area contributed by atoms with E-state index in [1.807, 2.05) is 90.1 Å². The van der Waals surface area contributed by atoms with Crippen molar-refractivity contribution < 1.29 is 27.1 Å². The molecule has 2 aromatic carbocycles. The first kappa shape index (κ1) is 31.1. The van der Waals surface area contributed by atoms with Gasteiger partial charge in [0.25, 0.3) is 0 Å². The monoisotopic (exact) mass is 585 g/mol. The lowest BCUT2D eigenvalue weighted by Gasteiger charge is -2.33.